The van der Waals surface area contributed by atoms with Gasteiger partial charge in [0.15, 0.2) is 6.61 Å². The van der Waals surface area contributed by atoms with E-state index in [0.29, 0.717) is 17.3 Å². The zero-order valence-electron chi connectivity index (χ0n) is 18.0. The van der Waals surface area contributed by atoms with Crippen molar-refractivity contribution in [1.29, 1.82) is 0 Å². The highest BCUT2D eigenvalue weighted by Gasteiger charge is 2.26. The van der Waals surface area contributed by atoms with E-state index >= 15 is 0 Å². The third-order valence-electron chi connectivity index (χ3n) is 4.99. The number of carbonyl (C=O) groups excluding carboxylic acids is 2. The van der Waals surface area contributed by atoms with E-state index in [9.17, 15) is 9.59 Å². The number of halogens is 1. The van der Waals surface area contributed by atoms with Crippen molar-refractivity contribution in [2.24, 2.45) is 0 Å². The predicted molar refractivity (Wildman–Crippen MR) is 121 cm³/mol. The molecule has 0 aliphatic carbocycles. The third-order valence-corrected chi connectivity index (χ3v) is 5.36. The number of rotatable bonds is 11. The van der Waals surface area contributed by atoms with Crippen molar-refractivity contribution >= 4 is 23.4 Å². The molecule has 0 fully saturated rings. The molecule has 5 nitrogen and oxygen atoms in total. The minimum atomic E-state index is -0.642. The molecule has 162 valence electrons. The lowest BCUT2D eigenvalue weighted by Crippen LogP contribution is -2.49. The Labute approximate surface area is 184 Å². The fraction of sp³-hybridized carbons (Fsp3) is 0.417. The van der Waals surface area contributed by atoms with Crippen molar-refractivity contribution < 1.29 is 14.3 Å². The van der Waals surface area contributed by atoms with Gasteiger partial charge in [-0.2, -0.15) is 0 Å². The molecule has 0 aromatic heterocycles. The molecule has 2 amide bonds. The van der Waals surface area contributed by atoms with Crippen LogP contribution in [0.15, 0.2) is 48.5 Å². The van der Waals surface area contributed by atoms with Gasteiger partial charge >= 0.3 is 0 Å². The molecule has 0 saturated heterocycles. The zero-order valence-corrected chi connectivity index (χ0v) is 18.7. The smallest absolute Gasteiger partial charge is 0.261 e. The highest BCUT2D eigenvalue weighted by Crippen LogP contribution is 2.19. The van der Waals surface area contributed by atoms with Crippen LogP contribution < -0.4 is 10.1 Å². The molecule has 30 heavy (non-hydrogen) atoms. The summed E-state index contributed by atoms with van der Waals surface area (Å²) in [6.45, 7) is 6.55. The summed E-state index contributed by atoms with van der Waals surface area (Å²) in [6.07, 6.45) is 2.82. The van der Waals surface area contributed by atoms with Gasteiger partial charge in [0.05, 0.1) is 0 Å². The van der Waals surface area contributed by atoms with Crippen molar-refractivity contribution in [3.8, 4) is 5.75 Å². The molecular formula is C24H31ClN2O3. The van der Waals surface area contributed by atoms with Gasteiger partial charge < -0.3 is 15.0 Å². The van der Waals surface area contributed by atoms with E-state index in [1.165, 1.54) is 10.5 Å². The van der Waals surface area contributed by atoms with Crippen molar-refractivity contribution in [3.63, 3.8) is 0 Å². The number of aryl methyl sites for hydroxylation is 1. The van der Waals surface area contributed by atoms with E-state index in [1.807, 2.05) is 42.5 Å². The first kappa shape index (κ1) is 23.7. The molecule has 0 unspecified atom stereocenters. The number of nitrogens with zero attached hydrogens (tertiary/aromatic N) is 1. The number of benzene rings is 2. The highest BCUT2D eigenvalue weighted by atomic mass is 35.5. The standard InChI is InChI=1S/C24H31ClN2O3/c1-4-6-15-26-24(29)18(3)27(16-20-9-7-8-10-22(20)25)23(28)17-30-21-13-11-19(5-2)12-14-21/h7-14,18H,4-6,15-17H2,1-3H3,(H,26,29)/t18-/m1/s1. The number of ether oxygens (including phenoxy) is 1. The van der Waals surface area contributed by atoms with Crippen LogP contribution in [0.25, 0.3) is 0 Å². The Hall–Kier alpha value is -2.53. The van der Waals surface area contributed by atoms with Gasteiger partial charge in [0.25, 0.3) is 5.91 Å². The molecule has 0 aliphatic heterocycles. The largest absolute Gasteiger partial charge is 0.484 e. The van der Waals surface area contributed by atoms with Crippen LogP contribution >= 0.6 is 11.6 Å². The lowest BCUT2D eigenvalue weighted by atomic mass is 10.1. The van der Waals surface area contributed by atoms with Gasteiger partial charge in [-0.3, -0.25) is 9.59 Å². The van der Waals surface area contributed by atoms with Gasteiger partial charge in [0, 0.05) is 18.1 Å². The van der Waals surface area contributed by atoms with E-state index < -0.39 is 6.04 Å². The molecule has 0 saturated carbocycles. The second-order valence-corrected chi connectivity index (χ2v) is 7.63. The van der Waals surface area contributed by atoms with E-state index in [-0.39, 0.29) is 25.0 Å². The van der Waals surface area contributed by atoms with Crippen LogP contribution in [0.3, 0.4) is 0 Å². The summed E-state index contributed by atoms with van der Waals surface area (Å²) in [5.74, 6) is 0.169. The number of nitrogens with one attached hydrogen (secondary N) is 1. The predicted octanol–water partition coefficient (Wildman–Crippen LogP) is 4.61. The minimum Gasteiger partial charge on any atom is -0.484 e. The Kier molecular flexibility index (Phi) is 9.68. The summed E-state index contributed by atoms with van der Waals surface area (Å²) in [6, 6.07) is 14.3. The van der Waals surface area contributed by atoms with Gasteiger partial charge in [-0.25, -0.2) is 0 Å². The molecule has 0 bridgehead atoms. The molecule has 2 aromatic rings. The first-order valence-electron chi connectivity index (χ1n) is 10.5. The Bertz CT molecular complexity index is 823. The maximum Gasteiger partial charge on any atom is 0.261 e. The molecule has 0 aliphatic rings. The molecule has 0 heterocycles. The number of hydrogen-bond donors (Lipinski definition) is 1. The summed E-state index contributed by atoms with van der Waals surface area (Å²) < 4.78 is 5.69. The van der Waals surface area contributed by atoms with Crippen LogP contribution in [0, 0.1) is 0 Å². The molecular weight excluding hydrogens is 400 g/mol. The lowest BCUT2D eigenvalue weighted by molar-refractivity contribution is -0.142. The van der Waals surface area contributed by atoms with Crippen LogP contribution in [0.5, 0.6) is 5.75 Å². The molecule has 0 radical (unpaired) electrons. The monoisotopic (exact) mass is 430 g/mol. The summed E-state index contributed by atoms with van der Waals surface area (Å²) in [5.41, 5.74) is 1.99. The summed E-state index contributed by atoms with van der Waals surface area (Å²) in [5, 5.41) is 3.46. The van der Waals surface area contributed by atoms with Crippen LogP contribution in [0.2, 0.25) is 5.02 Å². The van der Waals surface area contributed by atoms with Crippen molar-refractivity contribution in [2.75, 3.05) is 13.2 Å². The second kappa shape index (κ2) is 12.2. The van der Waals surface area contributed by atoms with Gasteiger partial charge in [-0.15, -0.1) is 0 Å². The Morgan fingerprint density at radius 2 is 1.80 bits per heavy atom. The number of carbonyl (C=O) groups is 2. The van der Waals surface area contributed by atoms with Crippen LogP contribution in [-0.2, 0) is 22.6 Å². The van der Waals surface area contributed by atoms with Crippen molar-refractivity contribution in [2.45, 2.75) is 52.6 Å². The maximum atomic E-state index is 13.0. The van der Waals surface area contributed by atoms with E-state index in [1.54, 1.807) is 13.0 Å². The minimum absolute atomic E-state index is 0.150. The van der Waals surface area contributed by atoms with Crippen molar-refractivity contribution in [3.05, 3.63) is 64.7 Å². The molecule has 2 rings (SSSR count). The first-order valence-corrected chi connectivity index (χ1v) is 10.9. The molecule has 2 aromatic carbocycles. The average Bonchev–Trinajstić information content (AvgIpc) is 2.77. The lowest BCUT2D eigenvalue weighted by Gasteiger charge is -2.29. The Morgan fingerprint density at radius 1 is 1.10 bits per heavy atom. The van der Waals surface area contributed by atoms with Crippen LogP contribution in [-0.4, -0.2) is 35.9 Å². The fourth-order valence-electron chi connectivity index (χ4n) is 2.98. The topological polar surface area (TPSA) is 58.6 Å². The Morgan fingerprint density at radius 3 is 2.43 bits per heavy atom. The molecule has 1 N–H and O–H groups in total. The molecule has 0 spiro atoms. The van der Waals surface area contributed by atoms with Gasteiger partial charge in [0.2, 0.25) is 5.91 Å². The number of hydrogen-bond acceptors (Lipinski definition) is 3. The quantitative estimate of drug-likeness (QED) is 0.529. The van der Waals surface area contributed by atoms with Gasteiger partial charge in [-0.1, -0.05) is 62.2 Å². The summed E-state index contributed by atoms with van der Waals surface area (Å²) in [7, 11) is 0. The maximum absolute atomic E-state index is 13.0. The van der Waals surface area contributed by atoms with E-state index in [4.69, 9.17) is 16.3 Å². The van der Waals surface area contributed by atoms with Gasteiger partial charge in [0.1, 0.15) is 11.8 Å². The van der Waals surface area contributed by atoms with E-state index in [2.05, 4.69) is 19.2 Å². The van der Waals surface area contributed by atoms with Crippen molar-refractivity contribution in [1.82, 2.24) is 10.2 Å². The highest BCUT2D eigenvalue weighted by molar-refractivity contribution is 6.31. The normalized spacial score (nSPS) is 11.6. The molecule has 6 heteroatoms. The average molecular weight is 431 g/mol. The summed E-state index contributed by atoms with van der Waals surface area (Å²) >= 11 is 6.29. The van der Waals surface area contributed by atoms with Crippen LogP contribution in [0.1, 0.15) is 44.7 Å². The third kappa shape index (κ3) is 7.06. The zero-order chi connectivity index (χ0) is 21.9. The summed E-state index contributed by atoms with van der Waals surface area (Å²) in [4.78, 5) is 27.1. The first-order chi connectivity index (χ1) is 14.5. The van der Waals surface area contributed by atoms with Crippen LogP contribution in [0.4, 0.5) is 0 Å². The SMILES string of the molecule is CCCCNC(=O)[C@@H](C)N(Cc1ccccc1Cl)C(=O)COc1ccc(CC)cc1. The second-order valence-electron chi connectivity index (χ2n) is 7.22. The number of unbranched alkanes of at least 4 members (excludes halogenated alkanes) is 1. The Balaban J connectivity index is 2.10. The fourth-order valence-corrected chi connectivity index (χ4v) is 3.17. The molecule has 1 atom stereocenters. The van der Waals surface area contributed by atoms with Gasteiger partial charge in [-0.05, 0) is 49.1 Å². The van der Waals surface area contributed by atoms with E-state index in [0.717, 1.165) is 24.8 Å². The number of amides is 2.